The highest BCUT2D eigenvalue weighted by molar-refractivity contribution is 5.75. The fraction of sp³-hybridized carbons (Fsp3) is 0.500. The van der Waals surface area contributed by atoms with E-state index in [1.54, 1.807) is 20.2 Å². The Kier molecular flexibility index (Phi) is 3.25. The quantitative estimate of drug-likeness (QED) is 0.721. The van der Waals surface area contributed by atoms with E-state index in [4.69, 9.17) is 5.26 Å². The molecule has 0 unspecified atom stereocenters. The lowest BCUT2D eigenvalue weighted by Gasteiger charge is -2.13. The van der Waals surface area contributed by atoms with Gasteiger partial charge in [-0.25, -0.2) is 9.36 Å². The highest BCUT2D eigenvalue weighted by Gasteiger charge is 2.27. The van der Waals surface area contributed by atoms with Crippen LogP contribution in [0.15, 0.2) is 15.8 Å². The largest absolute Gasteiger partial charge is 0.347 e. The number of hydrogen-bond acceptors (Lipinski definition) is 4. The lowest BCUT2D eigenvalue weighted by atomic mass is 10.3. The lowest BCUT2D eigenvalue weighted by molar-refractivity contribution is -0.129. The number of likely N-dealkylation sites (N-methyl/N-ethyl adjacent to an activating group) is 1. The number of nitriles is 1. The van der Waals surface area contributed by atoms with Crippen molar-refractivity contribution in [3.05, 3.63) is 32.6 Å². The molecule has 100 valence electrons. The van der Waals surface area contributed by atoms with Crippen molar-refractivity contribution in [1.82, 2.24) is 14.0 Å². The Morgan fingerprint density at radius 2 is 2.11 bits per heavy atom. The molecule has 0 saturated heterocycles. The summed E-state index contributed by atoms with van der Waals surface area (Å²) in [6.07, 6.45) is 2.99. The molecule has 2 rings (SSSR count). The van der Waals surface area contributed by atoms with E-state index in [0.29, 0.717) is 0 Å². The van der Waals surface area contributed by atoms with Crippen LogP contribution in [0, 0.1) is 11.3 Å². The summed E-state index contributed by atoms with van der Waals surface area (Å²) in [7, 11) is 3.09. The molecule has 1 aromatic heterocycles. The smallest absolute Gasteiger partial charge is 0.331 e. The zero-order valence-electron chi connectivity index (χ0n) is 10.8. The van der Waals surface area contributed by atoms with E-state index >= 15 is 0 Å². The minimum absolute atomic E-state index is 0.0425. The topological polar surface area (TPSA) is 88.1 Å². The number of carbonyl (C=O) groups excluding carboxylic acids is 1. The van der Waals surface area contributed by atoms with Crippen LogP contribution in [0.1, 0.15) is 24.4 Å². The van der Waals surface area contributed by atoms with Crippen LogP contribution >= 0.6 is 0 Å². The van der Waals surface area contributed by atoms with Crippen LogP contribution in [0.25, 0.3) is 0 Å². The molecule has 19 heavy (non-hydrogen) atoms. The van der Waals surface area contributed by atoms with Crippen molar-refractivity contribution in [3.8, 4) is 6.07 Å². The highest BCUT2D eigenvalue weighted by Crippen LogP contribution is 2.33. The third-order valence-electron chi connectivity index (χ3n) is 3.05. The maximum Gasteiger partial charge on any atom is 0.331 e. The van der Waals surface area contributed by atoms with E-state index in [-0.39, 0.29) is 24.1 Å². The minimum Gasteiger partial charge on any atom is -0.347 e. The van der Waals surface area contributed by atoms with Crippen LogP contribution in [-0.4, -0.2) is 34.0 Å². The summed E-state index contributed by atoms with van der Waals surface area (Å²) in [5, 5.41) is 8.93. The molecule has 0 N–H and O–H groups in total. The second-order valence-electron chi connectivity index (χ2n) is 4.76. The van der Waals surface area contributed by atoms with Crippen LogP contribution in [0.3, 0.4) is 0 Å². The maximum absolute atomic E-state index is 12.1. The van der Waals surface area contributed by atoms with Crippen LogP contribution in [0.2, 0.25) is 0 Å². The molecule has 7 nitrogen and oxygen atoms in total. The first-order chi connectivity index (χ1) is 8.95. The summed E-state index contributed by atoms with van der Waals surface area (Å²) < 4.78 is 2.21. The van der Waals surface area contributed by atoms with E-state index in [2.05, 4.69) is 0 Å². The molecule has 1 heterocycles. The van der Waals surface area contributed by atoms with Gasteiger partial charge in [-0.05, 0) is 12.8 Å². The number of amides is 1. The van der Waals surface area contributed by atoms with Gasteiger partial charge in [0.1, 0.15) is 18.2 Å². The van der Waals surface area contributed by atoms with Crippen molar-refractivity contribution in [1.29, 1.82) is 5.26 Å². The first-order valence-corrected chi connectivity index (χ1v) is 5.92. The summed E-state index contributed by atoms with van der Waals surface area (Å²) in [5.74, 6) is -0.364. The number of nitrogens with zero attached hydrogens (tertiary/aromatic N) is 4. The normalized spacial score (nSPS) is 13.9. The third kappa shape index (κ3) is 2.42. The summed E-state index contributed by atoms with van der Waals surface area (Å²) in [4.78, 5) is 37.0. The molecule has 0 bridgehead atoms. The Morgan fingerprint density at radius 3 is 2.58 bits per heavy atom. The first kappa shape index (κ1) is 13.1. The van der Waals surface area contributed by atoms with Gasteiger partial charge in [0.05, 0.1) is 0 Å². The molecular formula is C12H14N4O3. The van der Waals surface area contributed by atoms with E-state index in [0.717, 1.165) is 17.4 Å². The van der Waals surface area contributed by atoms with Gasteiger partial charge in [-0.3, -0.25) is 14.2 Å². The van der Waals surface area contributed by atoms with Gasteiger partial charge in [0, 0.05) is 26.3 Å². The molecule has 1 saturated carbocycles. The van der Waals surface area contributed by atoms with Crippen LogP contribution in [-0.2, 0) is 11.3 Å². The predicted octanol–water partition coefficient (Wildman–Crippen LogP) is -0.695. The Morgan fingerprint density at radius 1 is 1.47 bits per heavy atom. The molecule has 0 aromatic carbocycles. The van der Waals surface area contributed by atoms with Crippen molar-refractivity contribution in [3.63, 3.8) is 0 Å². The zero-order valence-corrected chi connectivity index (χ0v) is 10.8. The van der Waals surface area contributed by atoms with Gasteiger partial charge in [0.2, 0.25) is 5.91 Å². The van der Waals surface area contributed by atoms with Gasteiger partial charge in [0.25, 0.3) is 5.56 Å². The molecular weight excluding hydrogens is 248 g/mol. The first-order valence-electron chi connectivity index (χ1n) is 5.92. The fourth-order valence-electron chi connectivity index (χ4n) is 1.73. The summed E-state index contributed by atoms with van der Waals surface area (Å²) in [6, 6.07) is 1.81. The molecule has 1 aliphatic carbocycles. The molecule has 0 atom stereocenters. The minimum atomic E-state index is -0.709. The molecule has 0 aliphatic heterocycles. The lowest BCUT2D eigenvalue weighted by Crippen LogP contribution is -2.44. The number of aromatic nitrogens is 2. The van der Waals surface area contributed by atoms with E-state index in [1.165, 1.54) is 15.7 Å². The average Bonchev–Trinajstić information content (AvgIpc) is 3.18. The van der Waals surface area contributed by atoms with Crippen LogP contribution in [0.5, 0.6) is 0 Å². The van der Waals surface area contributed by atoms with Crippen molar-refractivity contribution in [2.45, 2.75) is 25.4 Å². The second kappa shape index (κ2) is 4.72. The molecule has 1 amide bonds. The Bertz CT molecular complexity index is 674. The van der Waals surface area contributed by atoms with Crippen molar-refractivity contribution in [2.24, 2.45) is 0 Å². The van der Waals surface area contributed by atoms with Crippen LogP contribution in [0.4, 0.5) is 0 Å². The van der Waals surface area contributed by atoms with Crippen molar-refractivity contribution in [2.75, 3.05) is 14.1 Å². The predicted molar refractivity (Wildman–Crippen MR) is 66.6 cm³/mol. The van der Waals surface area contributed by atoms with Crippen molar-refractivity contribution >= 4 is 5.91 Å². The fourth-order valence-corrected chi connectivity index (χ4v) is 1.73. The third-order valence-corrected chi connectivity index (χ3v) is 3.05. The number of rotatable bonds is 3. The van der Waals surface area contributed by atoms with E-state index in [9.17, 15) is 14.4 Å². The molecule has 7 heteroatoms. The molecule has 0 spiro atoms. The highest BCUT2D eigenvalue weighted by atomic mass is 16.2. The van der Waals surface area contributed by atoms with Crippen LogP contribution < -0.4 is 11.2 Å². The standard InChI is InChI=1S/C12H14N4O3/c1-14(2)10(17)7-16-11(18)8(5-13)6-15(12(16)19)9-3-4-9/h6,9H,3-4,7H2,1-2H3. The van der Waals surface area contributed by atoms with Crippen molar-refractivity contribution < 1.29 is 4.79 Å². The average molecular weight is 262 g/mol. The van der Waals surface area contributed by atoms with Gasteiger partial charge >= 0.3 is 5.69 Å². The summed E-state index contributed by atoms with van der Waals surface area (Å²) in [5.41, 5.74) is -1.35. The van der Waals surface area contributed by atoms with E-state index < -0.39 is 11.2 Å². The Balaban J connectivity index is 2.55. The Hall–Kier alpha value is -2.36. The Labute approximate surface area is 109 Å². The monoisotopic (exact) mass is 262 g/mol. The molecule has 1 fully saturated rings. The summed E-state index contributed by atoms with van der Waals surface area (Å²) in [6.45, 7) is -0.340. The summed E-state index contributed by atoms with van der Waals surface area (Å²) >= 11 is 0. The maximum atomic E-state index is 12.1. The van der Waals surface area contributed by atoms with E-state index in [1.807, 2.05) is 0 Å². The van der Waals surface area contributed by atoms with Gasteiger partial charge in [0.15, 0.2) is 0 Å². The number of hydrogen-bond donors (Lipinski definition) is 0. The van der Waals surface area contributed by atoms with Gasteiger partial charge in [-0.2, -0.15) is 5.26 Å². The number of carbonyl (C=O) groups is 1. The molecule has 1 aromatic rings. The van der Waals surface area contributed by atoms with Gasteiger partial charge < -0.3 is 4.90 Å². The zero-order chi connectivity index (χ0) is 14.2. The van der Waals surface area contributed by atoms with Gasteiger partial charge in [-0.15, -0.1) is 0 Å². The molecule has 0 radical (unpaired) electrons. The second-order valence-corrected chi connectivity index (χ2v) is 4.76. The van der Waals surface area contributed by atoms with Gasteiger partial charge in [-0.1, -0.05) is 0 Å². The SMILES string of the molecule is CN(C)C(=O)Cn1c(=O)c(C#N)cn(C2CC2)c1=O. The molecule has 1 aliphatic rings.